The average molecular weight is 379 g/mol. The molecule has 0 fully saturated rings. The van der Waals surface area contributed by atoms with E-state index < -0.39 is 12.7 Å². The number of alkyl halides is 3. The van der Waals surface area contributed by atoms with E-state index in [1.807, 2.05) is 6.92 Å². The van der Waals surface area contributed by atoms with E-state index in [0.717, 1.165) is 14.6 Å². The van der Waals surface area contributed by atoms with Crippen LogP contribution in [0.4, 0.5) is 13.2 Å². The highest BCUT2D eigenvalue weighted by atomic mass is 79.9. The number of aromatic nitrogens is 3. The van der Waals surface area contributed by atoms with Crippen molar-refractivity contribution in [3.63, 3.8) is 0 Å². The Balaban J connectivity index is 2.48. The van der Waals surface area contributed by atoms with E-state index in [1.54, 1.807) is 12.1 Å². The maximum absolute atomic E-state index is 12.9. The van der Waals surface area contributed by atoms with Crippen LogP contribution in [0.1, 0.15) is 5.56 Å². The van der Waals surface area contributed by atoms with Gasteiger partial charge < -0.3 is 4.57 Å². The van der Waals surface area contributed by atoms with Crippen LogP contribution in [0.15, 0.2) is 22.9 Å². The maximum Gasteiger partial charge on any atom is 0.406 e. The number of benzene rings is 1. The lowest BCUT2D eigenvalue weighted by Gasteiger charge is -2.11. The number of fused-ring (bicyclic) bond motifs is 3. The third-order valence-electron chi connectivity index (χ3n) is 3.21. The first-order valence-corrected chi connectivity index (χ1v) is 7.10. The molecule has 0 unspecified atom stereocenters. The standard InChI is InChI=1S/C13H8BrClF3N3/c1-6-2-9-7(3-8(6)14)10-11(12(15)20-5-19-10)21(9)4-13(16,17)18/h2-3,5H,4H2,1H3. The first kappa shape index (κ1) is 14.6. The number of halogens is 5. The van der Waals surface area contributed by atoms with Crippen LogP contribution >= 0.6 is 27.5 Å². The van der Waals surface area contributed by atoms with Crippen molar-refractivity contribution in [2.24, 2.45) is 0 Å². The molecule has 2 heterocycles. The minimum absolute atomic E-state index is 0.00854. The fraction of sp³-hybridized carbons (Fsp3) is 0.231. The molecular weight excluding hydrogens is 371 g/mol. The Morgan fingerprint density at radius 3 is 2.67 bits per heavy atom. The molecule has 0 saturated heterocycles. The molecule has 0 spiro atoms. The maximum atomic E-state index is 12.9. The average Bonchev–Trinajstić information content (AvgIpc) is 2.64. The smallest absolute Gasteiger partial charge is 0.327 e. The molecule has 3 rings (SSSR count). The van der Waals surface area contributed by atoms with Gasteiger partial charge in [-0.2, -0.15) is 13.2 Å². The van der Waals surface area contributed by atoms with E-state index in [2.05, 4.69) is 25.9 Å². The molecule has 3 aromatic rings. The van der Waals surface area contributed by atoms with Gasteiger partial charge in [-0.3, -0.25) is 0 Å². The van der Waals surface area contributed by atoms with Gasteiger partial charge in [-0.15, -0.1) is 0 Å². The largest absolute Gasteiger partial charge is 0.406 e. The Bertz CT molecular complexity index is 857. The van der Waals surface area contributed by atoms with Crippen molar-refractivity contribution in [2.45, 2.75) is 19.6 Å². The summed E-state index contributed by atoms with van der Waals surface area (Å²) in [5.74, 6) is 0. The molecular formula is C13H8BrClF3N3. The van der Waals surface area contributed by atoms with Crippen molar-refractivity contribution < 1.29 is 13.2 Å². The van der Waals surface area contributed by atoms with Crippen LogP contribution < -0.4 is 0 Å². The highest BCUT2D eigenvalue weighted by molar-refractivity contribution is 9.10. The molecule has 8 heteroatoms. The van der Waals surface area contributed by atoms with Gasteiger partial charge in [0.2, 0.25) is 0 Å². The van der Waals surface area contributed by atoms with Crippen molar-refractivity contribution in [1.82, 2.24) is 14.5 Å². The van der Waals surface area contributed by atoms with Crippen LogP contribution in [0.5, 0.6) is 0 Å². The minimum Gasteiger partial charge on any atom is -0.327 e. The number of nitrogens with zero attached hydrogens (tertiary/aromatic N) is 3. The van der Waals surface area contributed by atoms with Crippen LogP contribution in [0.25, 0.3) is 21.9 Å². The third-order valence-corrected chi connectivity index (χ3v) is 4.34. The summed E-state index contributed by atoms with van der Waals surface area (Å²) in [5.41, 5.74) is 1.88. The molecule has 0 amide bonds. The second-order valence-electron chi connectivity index (χ2n) is 4.68. The van der Waals surface area contributed by atoms with Crippen molar-refractivity contribution in [3.05, 3.63) is 33.6 Å². The van der Waals surface area contributed by atoms with Gasteiger partial charge in [0.15, 0.2) is 5.15 Å². The zero-order valence-corrected chi connectivity index (χ0v) is 13.0. The normalized spacial score (nSPS) is 12.5. The molecule has 21 heavy (non-hydrogen) atoms. The fourth-order valence-corrected chi connectivity index (χ4v) is 2.92. The lowest BCUT2D eigenvalue weighted by Crippen LogP contribution is -2.17. The van der Waals surface area contributed by atoms with Crippen molar-refractivity contribution in [3.8, 4) is 0 Å². The molecule has 0 aliphatic rings. The summed E-state index contributed by atoms with van der Waals surface area (Å²) < 4.78 is 40.5. The highest BCUT2D eigenvalue weighted by Crippen LogP contribution is 2.35. The van der Waals surface area contributed by atoms with Crippen molar-refractivity contribution >= 4 is 49.5 Å². The SMILES string of the molecule is Cc1cc2c(cc1Br)c1ncnc(Cl)c1n2CC(F)(F)F. The second-order valence-corrected chi connectivity index (χ2v) is 5.89. The monoisotopic (exact) mass is 377 g/mol. The van der Waals surface area contributed by atoms with E-state index in [9.17, 15) is 13.2 Å². The number of aryl methyl sites for hydroxylation is 1. The lowest BCUT2D eigenvalue weighted by molar-refractivity contribution is -0.139. The summed E-state index contributed by atoms with van der Waals surface area (Å²) in [4.78, 5) is 7.88. The minimum atomic E-state index is -4.36. The zero-order valence-electron chi connectivity index (χ0n) is 10.7. The first-order valence-electron chi connectivity index (χ1n) is 5.93. The van der Waals surface area contributed by atoms with Crippen LogP contribution in [0, 0.1) is 6.92 Å². The third kappa shape index (κ3) is 2.48. The molecule has 0 aliphatic carbocycles. The first-order chi connectivity index (χ1) is 9.78. The van der Waals surface area contributed by atoms with Gasteiger partial charge in [0.1, 0.15) is 23.9 Å². The van der Waals surface area contributed by atoms with E-state index in [-0.39, 0.29) is 10.7 Å². The summed E-state index contributed by atoms with van der Waals surface area (Å²) in [6, 6.07) is 3.44. The predicted octanol–water partition coefficient (Wildman–Crippen LogP) is 4.87. The molecule has 3 nitrogen and oxygen atoms in total. The van der Waals surface area contributed by atoms with Crippen LogP contribution in [0.2, 0.25) is 5.15 Å². The number of hydrogen-bond donors (Lipinski definition) is 0. The molecule has 2 aromatic heterocycles. The fourth-order valence-electron chi connectivity index (χ4n) is 2.34. The molecule has 110 valence electrons. The summed E-state index contributed by atoms with van der Waals surface area (Å²) in [6.07, 6.45) is -3.12. The summed E-state index contributed by atoms with van der Waals surface area (Å²) in [5, 5.41) is 0.616. The van der Waals surface area contributed by atoms with Gasteiger partial charge in [0.05, 0.1) is 5.52 Å². The Morgan fingerprint density at radius 1 is 1.29 bits per heavy atom. The van der Waals surface area contributed by atoms with E-state index >= 15 is 0 Å². The Labute approximate surface area is 130 Å². The van der Waals surface area contributed by atoms with Gasteiger partial charge in [-0.1, -0.05) is 27.5 Å². The summed E-state index contributed by atoms with van der Waals surface area (Å²) >= 11 is 9.37. The molecule has 0 N–H and O–H groups in total. The van der Waals surface area contributed by atoms with Crippen molar-refractivity contribution in [1.29, 1.82) is 0 Å². The highest BCUT2D eigenvalue weighted by Gasteiger charge is 2.30. The molecule has 0 radical (unpaired) electrons. The van der Waals surface area contributed by atoms with Gasteiger partial charge in [0, 0.05) is 9.86 Å². The van der Waals surface area contributed by atoms with Crippen molar-refractivity contribution in [2.75, 3.05) is 0 Å². The number of hydrogen-bond acceptors (Lipinski definition) is 2. The molecule has 0 atom stereocenters. The van der Waals surface area contributed by atoms with Gasteiger partial charge in [-0.05, 0) is 24.6 Å². The second kappa shape index (κ2) is 4.84. The molecule has 0 bridgehead atoms. The van der Waals surface area contributed by atoms with Crippen LogP contribution in [-0.4, -0.2) is 20.7 Å². The molecule has 0 saturated carbocycles. The lowest BCUT2D eigenvalue weighted by atomic mass is 10.2. The Morgan fingerprint density at radius 2 is 2.00 bits per heavy atom. The summed E-state index contributed by atoms with van der Waals surface area (Å²) in [6.45, 7) is 0.674. The quantitative estimate of drug-likeness (QED) is 0.566. The number of rotatable bonds is 1. The van der Waals surface area contributed by atoms with Crippen LogP contribution in [0.3, 0.4) is 0 Å². The van der Waals surface area contributed by atoms with E-state index in [1.165, 1.54) is 6.33 Å². The predicted molar refractivity (Wildman–Crippen MR) is 78.5 cm³/mol. The summed E-state index contributed by atoms with van der Waals surface area (Å²) in [7, 11) is 0. The van der Waals surface area contributed by atoms with Gasteiger partial charge in [0.25, 0.3) is 0 Å². The Hall–Kier alpha value is -1.34. The zero-order chi connectivity index (χ0) is 15.4. The topological polar surface area (TPSA) is 30.7 Å². The van der Waals surface area contributed by atoms with Gasteiger partial charge >= 0.3 is 6.18 Å². The molecule has 1 aromatic carbocycles. The van der Waals surface area contributed by atoms with E-state index in [4.69, 9.17) is 11.6 Å². The van der Waals surface area contributed by atoms with Crippen LogP contribution in [-0.2, 0) is 6.54 Å². The molecule has 0 aliphatic heterocycles. The van der Waals surface area contributed by atoms with Gasteiger partial charge in [-0.25, -0.2) is 9.97 Å². The van der Waals surface area contributed by atoms with E-state index in [0.29, 0.717) is 16.4 Å². The Kier molecular flexibility index (Phi) is 3.37.